The Labute approximate surface area is 138 Å². The molecule has 0 bridgehead atoms. The lowest BCUT2D eigenvalue weighted by molar-refractivity contribution is -0.149. The zero-order valence-corrected chi connectivity index (χ0v) is 13.9. The van der Waals surface area contributed by atoms with Gasteiger partial charge >= 0.3 is 5.97 Å². The molecule has 23 heavy (non-hydrogen) atoms. The van der Waals surface area contributed by atoms with Crippen LogP contribution in [0.15, 0.2) is 30.3 Å². The van der Waals surface area contributed by atoms with E-state index in [0.717, 1.165) is 38.6 Å². The number of aliphatic hydroxyl groups excluding tert-OH is 1. The molecule has 126 valence electrons. The standard InChI is InChI=1S/C19H27NO3/c1-2-23-19(22)17-12-15-16(10-6-7-11-18(15)21)20(17)13-14-8-4-3-5-9-14/h3-5,8-9,15-18,21H,2,6-7,10-13H2,1H3/t15-,16-,17-,18-/m1/s1. The third kappa shape index (κ3) is 3.59. The van der Waals surface area contributed by atoms with E-state index in [2.05, 4.69) is 17.0 Å². The van der Waals surface area contributed by atoms with E-state index in [1.54, 1.807) is 0 Å². The van der Waals surface area contributed by atoms with E-state index in [4.69, 9.17) is 4.74 Å². The Morgan fingerprint density at radius 2 is 2.00 bits per heavy atom. The molecule has 0 amide bonds. The summed E-state index contributed by atoms with van der Waals surface area (Å²) in [6.45, 7) is 3.01. The van der Waals surface area contributed by atoms with Crippen molar-refractivity contribution >= 4 is 5.97 Å². The van der Waals surface area contributed by atoms with Crippen LogP contribution in [0.4, 0.5) is 0 Å². The molecule has 0 spiro atoms. The number of carbonyl (C=O) groups is 1. The van der Waals surface area contributed by atoms with Gasteiger partial charge in [-0.1, -0.05) is 43.2 Å². The zero-order valence-electron chi connectivity index (χ0n) is 13.9. The predicted octanol–water partition coefficient (Wildman–Crippen LogP) is 2.74. The minimum atomic E-state index is -0.291. The fraction of sp³-hybridized carbons (Fsp3) is 0.632. The molecule has 4 nitrogen and oxygen atoms in total. The van der Waals surface area contributed by atoms with Crippen molar-refractivity contribution in [3.05, 3.63) is 35.9 Å². The number of esters is 1. The molecular formula is C19H27NO3. The molecule has 4 atom stereocenters. The summed E-state index contributed by atoms with van der Waals surface area (Å²) in [4.78, 5) is 14.7. The van der Waals surface area contributed by atoms with Gasteiger partial charge in [0.15, 0.2) is 0 Å². The van der Waals surface area contributed by atoms with Crippen LogP contribution in [0.2, 0.25) is 0 Å². The second kappa shape index (κ2) is 7.45. The second-order valence-corrected chi connectivity index (χ2v) is 6.74. The summed E-state index contributed by atoms with van der Waals surface area (Å²) in [6, 6.07) is 10.3. The Bertz CT molecular complexity index is 519. The van der Waals surface area contributed by atoms with Gasteiger partial charge in [0.1, 0.15) is 6.04 Å². The van der Waals surface area contributed by atoms with Gasteiger partial charge in [0, 0.05) is 18.5 Å². The van der Waals surface area contributed by atoms with E-state index >= 15 is 0 Å². The van der Waals surface area contributed by atoms with Gasteiger partial charge in [0.2, 0.25) is 0 Å². The highest BCUT2D eigenvalue weighted by Gasteiger charge is 2.47. The van der Waals surface area contributed by atoms with Crippen LogP contribution in [0.25, 0.3) is 0 Å². The maximum Gasteiger partial charge on any atom is 0.323 e. The van der Waals surface area contributed by atoms with Gasteiger partial charge in [0.05, 0.1) is 12.7 Å². The summed E-state index contributed by atoms with van der Waals surface area (Å²) in [5.74, 6) is 0.0549. The van der Waals surface area contributed by atoms with Crippen LogP contribution in [0, 0.1) is 5.92 Å². The first-order chi connectivity index (χ1) is 11.2. The SMILES string of the molecule is CCOC(=O)[C@H]1C[C@H]2[C@H](O)CCCC[C@H]2N1Cc1ccccc1. The first kappa shape index (κ1) is 16.5. The van der Waals surface area contributed by atoms with Crippen molar-refractivity contribution in [3.63, 3.8) is 0 Å². The lowest BCUT2D eigenvalue weighted by Gasteiger charge is -2.30. The fourth-order valence-corrected chi connectivity index (χ4v) is 4.23. The van der Waals surface area contributed by atoms with E-state index in [9.17, 15) is 9.90 Å². The van der Waals surface area contributed by atoms with Crippen molar-refractivity contribution in [2.24, 2.45) is 5.92 Å². The first-order valence-electron chi connectivity index (χ1n) is 8.85. The molecule has 4 heteroatoms. The molecule has 1 aliphatic carbocycles. The second-order valence-electron chi connectivity index (χ2n) is 6.74. The number of nitrogens with zero attached hydrogens (tertiary/aromatic N) is 1. The first-order valence-corrected chi connectivity index (χ1v) is 8.85. The number of rotatable bonds is 4. The smallest absolute Gasteiger partial charge is 0.323 e. The third-order valence-electron chi connectivity index (χ3n) is 5.33. The van der Waals surface area contributed by atoms with Crippen molar-refractivity contribution < 1.29 is 14.6 Å². The Balaban J connectivity index is 1.84. The number of carbonyl (C=O) groups excluding carboxylic acids is 1. The minimum absolute atomic E-state index is 0.135. The highest BCUT2D eigenvalue weighted by molar-refractivity contribution is 5.76. The maximum absolute atomic E-state index is 12.4. The normalized spacial score (nSPS) is 31.4. The number of hydrogen-bond acceptors (Lipinski definition) is 4. The van der Waals surface area contributed by atoms with Crippen molar-refractivity contribution in [1.29, 1.82) is 0 Å². The van der Waals surface area contributed by atoms with Crippen LogP contribution < -0.4 is 0 Å². The summed E-state index contributed by atoms with van der Waals surface area (Å²) in [7, 11) is 0. The van der Waals surface area contributed by atoms with Crippen LogP contribution in [0.1, 0.15) is 44.6 Å². The van der Waals surface area contributed by atoms with Gasteiger partial charge in [-0.15, -0.1) is 0 Å². The number of hydrogen-bond donors (Lipinski definition) is 1. The molecule has 2 fully saturated rings. The van der Waals surface area contributed by atoms with Gasteiger partial charge in [-0.2, -0.15) is 0 Å². The maximum atomic E-state index is 12.4. The number of benzene rings is 1. The van der Waals surface area contributed by atoms with Crippen molar-refractivity contribution in [2.75, 3.05) is 6.61 Å². The van der Waals surface area contributed by atoms with E-state index in [-0.39, 0.29) is 30.1 Å². The molecule has 0 radical (unpaired) electrons. The highest BCUT2D eigenvalue weighted by atomic mass is 16.5. The monoisotopic (exact) mass is 317 g/mol. The summed E-state index contributed by atoms with van der Waals surface area (Å²) < 4.78 is 5.30. The van der Waals surface area contributed by atoms with E-state index < -0.39 is 0 Å². The number of fused-ring (bicyclic) bond motifs is 1. The summed E-state index contributed by atoms with van der Waals surface area (Å²) in [6.07, 6.45) is 4.55. The van der Waals surface area contributed by atoms with Crippen LogP contribution >= 0.6 is 0 Å². The van der Waals surface area contributed by atoms with Gasteiger partial charge in [0.25, 0.3) is 0 Å². The Hall–Kier alpha value is -1.39. The predicted molar refractivity (Wildman–Crippen MR) is 88.8 cm³/mol. The molecule has 1 aromatic carbocycles. The van der Waals surface area contributed by atoms with Crippen LogP contribution in [0.5, 0.6) is 0 Å². The summed E-state index contributed by atoms with van der Waals surface area (Å²) >= 11 is 0. The molecule has 0 aromatic heterocycles. The molecule has 1 aromatic rings. The van der Waals surface area contributed by atoms with Gasteiger partial charge in [-0.25, -0.2) is 0 Å². The van der Waals surface area contributed by atoms with Crippen molar-refractivity contribution in [3.8, 4) is 0 Å². The Kier molecular flexibility index (Phi) is 5.34. The fourth-order valence-electron chi connectivity index (χ4n) is 4.23. The molecular weight excluding hydrogens is 290 g/mol. The van der Waals surface area contributed by atoms with Crippen LogP contribution in [0.3, 0.4) is 0 Å². The van der Waals surface area contributed by atoms with Gasteiger partial charge in [-0.05, 0) is 31.7 Å². The minimum Gasteiger partial charge on any atom is -0.465 e. The lowest BCUT2D eigenvalue weighted by atomic mass is 9.92. The Morgan fingerprint density at radius 3 is 2.74 bits per heavy atom. The molecule has 1 heterocycles. The van der Waals surface area contributed by atoms with E-state index in [1.807, 2.05) is 25.1 Å². The van der Waals surface area contributed by atoms with Gasteiger partial charge in [-0.3, -0.25) is 9.69 Å². The molecule has 1 N–H and O–H groups in total. The Morgan fingerprint density at radius 1 is 1.26 bits per heavy atom. The number of likely N-dealkylation sites (tertiary alicyclic amines) is 1. The topological polar surface area (TPSA) is 49.8 Å². The van der Waals surface area contributed by atoms with E-state index in [0.29, 0.717) is 6.61 Å². The lowest BCUT2D eigenvalue weighted by Crippen LogP contribution is -2.42. The van der Waals surface area contributed by atoms with Crippen LogP contribution in [-0.4, -0.2) is 40.8 Å². The van der Waals surface area contributed by atoms with E-state index in [1.165, 1.54) is 5.56 Å². The largest absolute Gasteiger partial charge is 0.465 e. The quantitative estimate of drug-likeness (QED) is 0.868. The summed E-state index contributed by atoms with van der Waals surface area (Å²) in [5.41, 5.74) is 1.21. The molecule has 1 saturated heterocycles. The average Bonchev–Trinajstić information content (AvgIpc) is 2.81. The molecule has 0 unspecified atom stereocenters. The van der Waals surface area contributed by atoms with Crippen LogP contribution in [-0.2, 0) is 16.1 Å². The summed E-state index contributed by atoms with van der Waals surface area (Å²) in [5, 5.41) is 10.5. The van der Waals surface area contributed by atoms with Crippen molar-refractivity contribution in [2.45, 2.75) is 63.8 Å². The highest BCUT2D eigenvalue weighted by Crippen LogP contribution is 2.40. The molecule has 3 rings (SSSR count). The zero-order chi connectivity index (χ0) is 16.2. The number of aliphatic hydroxyl groups is 1. The van der Waals surface area contributed by atoms with Crippen molar-refractivity contribution in [1.82, 2.24) is 4.90 Å². The average molecular weight is 317 g/mol. The third-order valence-corrected chi connectivity index (χ3v) is 5.33. The molecule has 2 aliphatic rings. The molecule has 1 saturated carbocycles. The van der Waals surface area contributed by atoms with Gasteiger partial charge < -0.3 is 9.84 Å². The molecule has 1 aliphatic heterocycles. The number of ether oxygens (including phenoxy) is 1.